The van der Waals surface area contributed by atoms with E-state index in [1.54, 1.807) is 12.3 Å². The van der Waals surface area contributed by atoms with Gasteiger partial charge < -0.3 is 15.4 Å². The van der Waals surface area contributed by atoms with Crippen molar-refractivity contribution in [1.82, 2.24) is 15.0 Å². The first-order valence-corrected chi connectivity index (χ1v) is 7.96. The van der Waals surface area contributed by atoms with Gasteiger partial charge >= 0.3 is 0 Å². The fraction of sp³-hybridized carbons (Fsp3) is 0.105. The minimum Gasteiger partial charge on any atom is -0.387 e. The van der Waals surface area contributed by atoms with Crippen LogP contribution in [0, 0.1) is 0 Å². The van der Waals surface area contributed by atoms with E-state index in [1.807, 2.05) is 42.5 Å². The molecule has 2 heterocycles. The number of rotatable bonds is 4. The van der Waals surface area contributed by atoms with Crippen LogP contribution in [0.15, 0.2) is 65.8 Å². The van der Waals surface area contributed by atoms with Crippen molar-refractivity contribution in [3.63, 3.8) is 0 Å². The first-order valence-electron chi connectivity index (χ1n) is 7.96. The van der Waals surface area contributed by atoms with Gasteiger partial charge in [0.2, 0.25) is 0 Å². The lowest BCUT2D eigenvalue weighted by Gasteiger charge is -2.15. The highest BCUT2D eigenvalue weighted by Crippen LogP contribution is 2.25. The number of anilines is 1. The molecular formula is C19H16N4O2. The van der Waals surface area contributed by atoms with Crippen LogP contribution in [0.25, 0.3) is 21.7 Å². The fourth-order valence-corrected chi connectivity index (χ4v) is 2.97. The van der Waals surface area contributed by atoms with Crippen LogP contribution in [-0.2, 0) is 0 Å². The minimum atomic E-state index is -0.717. The Bertz CT molecular complexity index is 1100. The molecule has 6 nitrogen and oxygen atoms in total. The summed E-state index contributed by atoms with van der Waals surface area (Å²) >= 11 is 0. The van der Waals surface area contributed by atoms with Crippen LogP contribution in [-0.4, -0.2) is 26.6 Å². The molecular weight excluding hydrogens is 316 g/mol. The molecule has 0 aliphatic heterocycles. The summed E-state index contributed by atoms with van der Waals surface area (Å²) in [5.41, 5.74) is 1.11. The molecule has 25 heavy (non-hydrogen) atoms. The number of hydrogen-bond donors (Lipinski definition) is 3. The van der Waals surface area contributed by atoms with Gasteiger partial charge in [-0.25, -0.2) is 9.97 Å². The number of aromatic amines is 1. The summed E-state index contributed by atoms with van der Waals surface area (Å²) in [6.45, 7) is 0.259. The van der Waals surface area contributed by atoms with E-state index in [1.165, 1.54) is 6.33 Å². The maximum absolute atomic E-state index is 11.8. The van der Waals surface area contributed by atoms with Gasteiger partial charge in [0.05, 0.1) is 17.8 Å². The van der Waals surface area contributed by atoms with Crippen LogP contribution in [0.2, 0.25) is 0 Å². The van der Waals surface area contributed by atoms with Crippen LogP contribution < -0.4 is 10.9 Å². The predicted molar refractivity (Wildman–Crippen MR) is 97.6 cm³/mol. The molecule has 6 heteroatoms. The number of benzene rings is 2. The van der Waals surface area contributed by atoms with E-state index in [2.05, 4.69) is 20.3 Å². The summed E-state index contributed by atoms with van der Waals surface area (Å²) in [5.74, 6) is 0.475. The van der Waals surface area contributed by atoms with Crippen LogP contribution in [0.5, 0.6) is 0 Å². The van der Waals surface area contributed by atoms with Crippen LogP contribution in [0.4, 0.5) is 5.82 Å². The van der Waals surface area contributed by atoms with E-state index in [-0.39, 0.29) is 12.1 Å². The van der Waals surface area contributed by atoms with Gasteiger partial charge in [-0.15, -0.1) is 0 Å². The summed E-state index contributed by atoms with van der Waals surface area (Å²) in [5, 5.41) is 16.3. The Morgan fingerprint density at radius 2 is 1.88 bits per heavy atom. The van der Waals surface area contributed by atoms with E-state index in [0.717, 1.165) is 16.3 Å². The molecule has 124 valence electrons. The Hall–Kier alpha value is -3.25. The predicted octanol–water partition coefficient (Wildman–Crippen LogP) is 2.62. The number of aromatic nitrogens is 3. The molecule has 0 saturated carbocycles. The first-order chi connectivity index (χ1) is 12.2. The number of nitrogens with zero attached hydrogens (tertiary/aromatic N) is 2. The highest BCUT2D eigenvalue weighted by molar-refractivity contribution is 5.87. The maximum Gasteiger partial charge on any atom is 0.258 e. The van der Waals surface area contributed by atoms with Gasteiger partial charge in [0.15, 0.2) is 5.82 Å². The Morgan fingerprint density at radius 1 is 1.04 bits per heavy atom. The topological polar surface area (TPSA) is 90.9 Å². The van der Waals surface area contributed by atoms with Crippen molar-refractivity contribution in [3.05, 3.63) is 77.0 Å². The van der Waals surface area contributed by atoms with Crippen molar-refractivity contribution >= 4 is 27.5 Å². The van der Waals surface area contributed by atoms with E-state index in [0.29, 0.717) is 16.7 Å². The van der Waals surface area contributed by atoms with Gasteiger partial charge in [0.25, 0.3) is 5.56 Å². The minimum absolute atomic E-state index is 0.218. The Kier molecular flexibility index (Phi) is 3.87. The average Bonchev–Trinajstić information content (AvgIpc) is 2.66. The third-order valence-electron chi connectivity index (χ3n) is 4.20. The summed E-state index contributed by atoms with van der Waals surface area (Å²) in [6, 6.07) is 15.4. The van der Waals surface area contributed by atoms with Crippen molar-refractivity contribution < 1.29 is 5.11 Å². The molecule has 3 N–H and O–H groups in total. The molecule has 2 aromatic carbocycles. The number of H-pyrrole nitrogens is 1. The molecule has 0 saturated heterocycles. The lowest BCUT2D eigenvalue weighted by atomic mass is 10.0. The van der Waals surface area contributed by atoms with Gasteiger partial charge in [0, 0.05) is 12.7 Å². The maximum atomic E-state index is 11.8. The summed E-state index contributed by atoms with van der Waals surface area (Å²) < 4.78 is 0. The Balaban J connectivity index is 1.63. The van der Waals surface area contributed by atoms with Gasteiger partial charge in [-0.2, -0.15) is 0 Å². The Morgan fingerprint density at radius 3 is 2.80 bits per heavy atom. The number of nitrogens with one attached hydrogen (secondary N) is 2. The molecule has 0 fully saturated rings. The second-order valence-electron chi connectivity index (χ2n) is 5.75. The molecule has 0 spiro atoms. The van der Waals surface area contributed by atoms with Crippen molar-refractivity contribution in [3.8, 4) is 0 Å². The van der Waals surface area contributed by atoms with Crippen molar-refractivity contribution in [2.24, 2.45) is 0 Å². The first kappa shape index (κ1) is 15.3. The van der Waals surface area contributed by atoms with Crippen molar-refractivity contribution in [2.75, 3.05) is 11.9 Å². The normalized spacial score (nSPS) is 12.4. The molecule has 1 unspecified atom stereocenters. The largest absolute Gasteiger partial charge is 0.387 e. The number of pyridine rings is 1. The number of aliphatic hydroxyl groups is 1. The van der Waals surface area contributed by atoms with Crippen molar-refractivity contribution in [1.29, 1.82) is 0 Å². The zero-order valence-electron chi connectivity index (χ0n) is 13.3. The van der Waals surface area contributed by atoms with E-state index >= 15 is 0 Å². The van der Waals surface area contributed by atoms with E-state index in [9.17, 15) is 9.90 Å². The quantitative estimate of drug-likeness (QED) is 0.534. The molecule has 1 atom stereocenters. The van der Waals surface area contributed by atoms with Crippen molar-refractivity contribution in [2.45, 2.75) is 6.10 Å². The summed E-state index contributed by atoms with van der Waals surface area (Å²) in [7, 11) is 0. The summed E-state index contributed by atoms with van der Waals surface area (Å²) in [6.07, 6.45) is 2.18. The standard InChI is InChI=1S/C19H16N4O2/c24-16(14-7-3-5-12-4-1-2-6-13(12)14)10-21-18-17-15(8-9-20-18)19(25)23-11-22-17/h1-9,11,16,24H,10H2,(H,20,21)(H,22,23,25). The molecule has 0 radical (unpaired) electrons. The third kappa shape index (κ3) is 2.83. The lowest BCUT2D eigenvalue weighted by molar-refractivity contribution is 0.193. The third-order valence-corrected chi connectivity index (χ3v) is 4.20. The average molecular weight is 332 g/mol. The van der Waals surface area contributed by atoms with Crippen LogP contribution in [0.1, 0.15) is 11.7 Å². The highest BCUT2D eigenvalue weighted by atomic mass is 16.3. The zero-order valence-corrected chi connectivity index (χ0v) is 13.3. The lowest BCUT2D eigenvalue weighted by Crippen LogP contribution is -2.15. The number of fused-ring (bicyclic) bond motifs is 2. The van der Waals surface area contributed by atoms with E-state index in [4.69, 9.17) is 0 Å². The molecule has 4 rings (SSSR count). The number of aliphatic hydroxyl groups excluding tert-OH is 1. The number of hydrogen-bond acceptors (Lipinski definition) is 5. The molecule has 2 aromatic heterocycles. The second kappa shape index (κ2) is 6.33. The summed E-state index contributed by atoms with van der Waals surface area (Å²) in [4.78, 5) is 22.8. The Labute approximate surface area is 143 Å². The molecule has 4 aromatic rings. The van der Waals surface area contributed by atoms with Gasteiger partial charge in [-0.05, 0) is 22.4 Å². The molecule has 0 amide bonds. The molecule has 0 aliphatic carbocycles. The smallest absolute Gasteiger partial charge is 0.258 e. The van der Waals surface area contributed by atoms with Gasteiger partial charge in [0.1, 0.15) is 5.52 Å². The highest BCUT2D eigenvalue weighted by Gasteiger charge is 2.13. The SMILES string of the molecule is O=c1[nH]cnc2c(NCC(O)c3cccc4ccccc34)nccc12. The van der Waals surface area contributed by atoms with Gasteiger partial charge in [-0.3, -0.25) is 4.79 Å². The fourth-order valence-electron chi connectivity index (χ4n) is 2.97. The monoisotopic (exact) mass is 332 g/mol. The zero-order chi connectivity index (χ0) is 17.2. The van der Waals surface area contributed by atoms with E-state index < -0.39 is 6.10 Å². The van der Waals surface area contributed by atoms with Crippen LogP contribution in [0.3, 0.4) is 0 Å². The van der Waals surface area contributed by atoms with Gasteiger partial charge in [-0.1, -0.05) is 42.5 Å². The molecule has 0 aliphatic rings. The second-order valence-corrected chi connectivity index (χ2v) is 5.75. The molecule has 0 bridgehead atoms. The van der Waals surface area contributed by atoms with Crippen LogP contribution >= 0.6 is 0 Å².